The molecule has 0 atom stereocenters. The van der Waals surface area contributed by atoms with Crippen LogP contribution in [0, 0.1) is 17.0 Å². The maximum absolute atomic E-state index is 10.6. The van der Waals surface area contributed by atoms with Gasteiger partial charge in [-0.2, -0.15) is 0 Å². The Hall–Kier alpha value is -1.23. The number of thioether (sulfide) groups is 1. The topological polar surface area (TPSA) is 63.4 Å². The van der Waals surface area contributed by atoms with Gasteiger partial charge in [-0.15, -0.1) is 11.8 Å². The van der Waals surface area contributed by atoms with Gasteiger partial charge in [0.2, 0.25) is 0 Å². The summed E-state index contributed by atoms with van der Waals surface area (Å²) in [6.45, 7) is 1.66. The molecule has 0 heterocycles. The van der Waals surface area contributed by atoms with Crippen LogP contribution in [-0.4, -0.2) is 16.3 Å². The average Bonchev–Trinajstić information content (AvgIpc) is 2.09. The van der Waals surface area contributed by atoms with Gasteiger partial charge in [0.1, 0.15) is 5.75 Å². The summed E-state index contributed by atoms with van der Waals surface area (Å²) in [6.07, 6.45) is 1.74. The molecule has 0 spiro atoms. The lowest BCUT2D eigenvalue weighted by atomic mass is 10.2. The van der Waals surface area contributed by atoms with Crippen molar-refractivity contribution in [3.63, 3.8) is 0 Å². The molecule has 13 heavy (non-hydrogen) atoms. The second-order valence-corrected chi connectivity index (χ2v) is 3.34. The fourth-order valence-corrected chi connectivity index (χ4v) is 1.83. The number of rotatable bonds is 2. The first-order valence-electron chi connectivity index (χ1n) is 3.59. The van der Waals surface area contributed by atoms with E-state index in [0.29, 0.717) is 10.5 Å². The summed E-state index contributed by atoms with van der Waals surface area (Å²) in [7, 11) is 0. The molecule has 0 saturated heterocycles. The summed E-state index contributed by atoms with van der Waals surface area (Å²) in [6, 6.07) is 2.65. The number of nitro benzene ring substituents is 1. The molecule has 0 bridgehead atoms. The van der Waals surface area contributed by atoms with E-state index in [1.807, 2.05) is 0 Å². The lowest BCUT2D eigenvalue weighted by Crippen LogP contribution is -1.92. The Labute approximate surface area is 79.7 Å². The second-order valence-electron chi connectivity index (χ2n) is 2.52. The predicted octanol–water partition coefficient (Wildman–Crippen LogP) is 2.33. The maximum atomic E-state index is 10.6. The van der Waals surface area contributed by atoms with Crippen LogP contribution in [0.4, 0.5) is 5.69 Å². The summed E-state index contributed by atoms with van der Waals surface area (Å²) < 4.78 is 0. The van der Waals surface area contributed by atoms with Gasteiger partial charge in [-0.3, -0.25) is 10.1 Å². The minimum Gasteiger partial charge on any atom is -0.508 e. The van der Waals surface area contributed by atoms with Crippen molar-refractivity contribution in [2.24, 2.45) is 0 Å². The first-order chi connectivity index (χ1) is 6.07. The average molecular weight is 199 g/mol. The summed E-state index contributed by atoms with van der Waals surface area (Å²) >= 11 is 1.26. The minimum atomic E-state index is -0.446. The molecule has 0 aliphatic heterocycles. The summed E-state index contributed by atoms with van der Waals surface area (Å²) in [5.41, 5.74) is 0.601. The monoisotopic (exact) mass is 199 g/mol. The van der Waals surface area contributed by atoms with Gasteiger partial charge >= 0.3 is 0 Å². The van der Waals surface area contributed by atoms with Crippen LogP contribution < -0.4 is 0 Å². The summed E-state index contributed by atoms with van der Waals surface area (Å²) in [5.74, 6) is 0.0925. The smallest absolute Gasteiger partial charge is 0.283 e. The molecule has 0 aliphatic rings. The number of nitro groups is 1. The Morgan fingerprint density at radius 2 is 2.15 bits per heavy atom. The molecule has 1 aromatic rings. The van der Waals surface area contributed by atoms with Crippen molar-refractivity contribution < 1.29 is 10.0 Å². The molecule has 0 saturated carbocycles. The minimum absolute atomic E-state index is 0.0443. The van der Waals surface area contributed by atoms with Gasteiger partial charge in [-0.05, 0) is 19.2 Å². The SMILES string of the molecule is CSc1c([N+](=O)[O-])ccc(O)c1C. The molecule has 0 aliphatic carbocycles. The molecule has 1 N–H and O–H groups in total. The van der Waals surface area contributed by atoms with E-state index in [2.05, 4.69) is 0 Å². The van der Waals surface area contributed by atoms with E-state index in [1.54, 1.807) is 13.2 Å². The van der Waals surface area contributed by atoms with Crippen LogP contribution in [0.1, 0.15) is 5.56 Å². The summed E-state index contributed by atoms with van der Waals surface area (Å²) in [5, 5.41) is 19.9. The Balaban J connectivity index is 3.38. The first kappa shape index (κ1) is 9.85. The fourth-order valence-electron chi connectivity index (χ4n) is 1.07. The Kier molecular flexibility index (Phi) is 2.77. The Bertz CT molecular complexity index is 351. The van der Waals surface area contributed by atoms with Gasteiger partial charge in [-0.25, -0.2) is 0 Å². The lowest BCUT2D eigenvalue weighted by Gasteiger charge is -2.04. The van der Waals surface area contributed by atoms with Crippen LogP contribution in [0.2, 0.25) is 0 Å². The van der Waals surface area contributed by atoms with Gasteiger partial charge in [-0.1, -0.05) is 0 Å². The van der Waals surface area contributed by atoms with Gasteiger partial charge in [0, 0.05) is 11.6 Å². The Morgan fingerprint density at radius 1 is 1.54 bits per heavy atom. The zero-order valence-corrected chi connectivity index (χ0v) is 8.09. The third-order valence-corrected chi connectivity index (χ3v) is 2.68. The number of benzene rings is 1. The molecule has 0 radical (unpaired) electrons. The number of aromatic hydroxyl groups is 1. The number of hydrogen-bond donors (Lipinski definition) is 1. The molecular formula is C8H9NO3S. The lowest BCUT2D eigenvalue weighted by molar-refractivity contribution is -0.387. The molecule has 1 aromatic carbocycles. The third kappa shape index (κ3) is 1.75. The fraction of sp³-hybridized carbons (Fsp3) is 0.250. The van der Waals surface area contributed by atoms with E-state index < -0.39 is 4.92 Å². The normalized spacial score (nSPS) is 10.0. The van der Waals surface area contributed by atoms with Gasteiger partial charge < -0.3 is 5.11 Å². The van der Waals surface area contributed by atoms with E-state index >= 15 is 0 Å². The highest BCUT2D eigenvalue weighted by Crippen LogP contribution is 2.35. The van der Waals surface area contributed by atoms with Crippen molar-refractivity contribution >= 4 is 17.4 Å². The van der Waals surface area contributed by atoms with Crippen LogP contribution in [-0.2, 0) is 0 Å². The zero-order chi connectivity index (χ0) is 10.0. The maximum Gasteiger partial charge on any atom is 0.283 e. The van der Waals surface area contributed by atoms with Gasteiger partial charge in [0.15, 0.2) is 0 Å². The Morgan fingerprint density at radius 3 is 2.62 bits per heavy atom. The van der Waals surface area contributed by atoms with Crippen molar-refractivity contribution in [3.05, 3.63) is 27.8 Å². The van der Waals surface area contributed by atoms with Crippen molar-refractivity contribution in [2.45, 2.75) is 11.8 Å². The van der Waals surface area contributed by atoms with Crippen molar-refractivity contribution in [1.29, 1.82) is 0 Å². The summed E-state index contributed by atoms with van der Waals surface area (Å²) in [4.78, 5) is 10.6. The van der Waals surface area contributed by atoms with Crippen molar-refractivity contribution in [3.8, 4) is 5.75 Å². The van der Waals surface area contributed by atoms with Gasteiger partial charge in [0.25, 0.3) is 5.69 Å². The van der Waals surface area contributed by atoms with E-state index in [0.717, 1.165) is 0 Å². The van der Waals surface area contributed by atoms with Crippen LogP contribution in [0.3, 0.4) is 0 Å². The number of phenols is 1. The standard InChI is InChI=1S/C8H9NO3S/c1-5-7(10)4-3-6(9(11)12)8(5)13-2/h3-4,10H,1-2H3. The molecule has 0 amide bonds. The highest BCUT2D eigenvalue weighted by molar-refractivity contribution is 7.98. The largest absolute Gasteiger partial charge is 0.508 e. The molecule has 1 rings (SSSR count). The molecule has 5 heteroatoms. The highest BCUT2D eigenvalue weighted by atomic mass is 32.2. The van der Waals surface area contributed by atoms with E-state index in [1.165, 1.54) is 23.9 Å². The van der Waals surface area contributed by atoms with Crippen LogP contribution in [0.15, 0.2) is 17.0 Å². The highest BCUT2D eigenvalue weighted by Gasteiger charge is 2.16. The van der Waals surface area contributed by atoms with Crippen molar-refractivity contribution in [1.82, 2.24) is 0 Å². The van der Waals surface area contributed by atoms with Crippen LogP contribution in [0.5, 0.6) is 5.75 Å². The number of phenolic OH excluding ortho intramolecular Hbond substituents is 1. The van der Waals surface area contributed by atoms with Crippen LogP contribution in [0.25, 0.3) is 0 Å². The molecular weight excluding hydrogens is 190 g/mol. The first-order valence-corrected chi connectivity index (χ1v) is 4.81. The third-order valence-electron chi connectivity index (χ3n) is 1.76. The molecule has 0 unspecified atom stereocenters. The van der Waals surface area contributed by atoms with Gasteiger partial charge in [0.05, 0.1) is 9.82 Å². The van der Waals surface area contributed by atoms with E-state index in [4.69, 9.17) is 0 Å². The molecule has 0 aromatic heterocycles. The molecule has 4 nitrogen and oxygen atoms in total. The number of hydrogen-bond acceptors (Lipinski definition) is 4. The van der Waals surface area contributed by atoms with E-state index in [9.17, 15) is 15.2 Å². The second kappa shape index (κ2) is 3.66. The molecule has 0 fully saturated rings. The predicted molar refractivity (Wildman–Crippen MR) is 51.3 cm³/mol. The zero-order valence-electron chi connectivity index (χ0n) is 7.27. The van der Waals surface area contributed by atoms with Crippen molar-refractivity contribution in [2.75, 3.05) is 6.26 Å². The quantitative estimate of drug-likeness (QED) is 0.451. The molecule has 70 valence electrons. The van der Waals surface area contributed by atoms with E-state index in [-0.39, 0.29) is 11.4 Å². The van der Waals surface area contributed by atoms with Crippen LogP contribution >= 0.6 is 11.8 Å². The number of nitrogens with zero attached hydrogens (tertiary/aromatic N) is 1.